The van der Waals surface area contributed by atoms with Gasteiger partial charge in [-0.05, 0) is 49.1 Å². The largest absolute Gasteiger partial charge is 0.416 e. The number of rotatable bonds is 6. The van der Waals surface area contributed by atoms with E-state index in [1.165, 1.54) is 6.92 Å². The Morgan fingerprint density at radius 3 is 2.12 bits per heavy atom. The molecule has 2 aromatic carbocycles. The van der Waals surface area contributed by atoms with Crippen molar-refractivity contribution in [3.8, 4) is 0 Å². The van der Waals surface area contributed by atoms with E-state index < -0.39 is 40.9 Å². The van der Waals surface area contributed by atoms with Gasteiger partial charge in [0.2, 0.25) is 5.91 Å². The van der Waals surface area contributed by atoms with Gasteiger partial charge in [-0.15, -0.1) is 0 Å². The number of nitrogens with two attached hydrogens (primary N) is 1. The highest BCUT2D eigenvalue weighted by molar-refractivity contribution is 5.87. The monoisotopic (exact) mass is 472 g/mol. The quantitative estimate of drug-likeness (QED) is 0.335. The lowest BCUT2D eigenvalue weighted by Crippen LogP contribution is -2.47. The van der Waals surface area contributed by atoms with E-state index >= 15 is 0 Å². The molecule has 1 fully saturated rings. The number of amides is 1. The Morgan fingerprint density at radius 2 is 1.64 bits per heavy atom. The number of carbonyl (C=O) groups is 1. The number of hydrogen-bond donors (Lipinski definition) is 1. The average molecular weight is 472 g/mol. The van der Waals surface area contributed by atoms with Crippen molar-refractivity contribution < 1.29 is 35.9 Å². The van der Waals surface area contributed by atoms with E-state index in [-0.39, 0.29) is 24.1 Å². The Labute approximate surface area is 186 Å². The van der Waals surface area contributed by atoms with Crippen LogP contribution in [0.5, 0.6) is 0 Å². The van der Waals surface area contributed by atoms with Crippen LogP contribution in [0.3, 0.4) is 0 Å². The predicted molar refractivity (Wildman–Crippen MR) is 109 cm³/mol. The smallest absolute Gasteiger partial charge is 0.390 e. The number of carbonyl (C=O) groups excluding carboxylic acids is 1. The maximum Gasteiger partial charge on any atom is 0.416 e. The number of halogens is 6. The molecule has 1 atom stereocenters. The normalized spacial score (nSPS) is 22.2. The highest BCUT2D eigenvalue weighted by Crippen LogP contribution is 2.49. The number of alkyl halides is 6. The summed E-state index contributed by atoms with van der Waals surface area (Å²) < 4.78 is 84.9. The molecule has 2 aromatic rings. The molecule has 0 spiro atoms. The first kappa shape index (κ1) is 24.8. The molecule has 3 rings (SSSR count). The standard InChI is InChI=1S/C23H22F6N2O2/c1-14(15-7-18(22(24,25)26)9-19(8-15)23(27,28)29)33-12-21(17-5-3-2-4-6-17)10-16(11-21)20(32)31-13-30/h2-9,13-14,16H,10-12H2,1H3,(H2,30,31,32)/t14-,16?,21?/m1/s1. The molecule has 0 radical (unpaired) electrons. The van der Waals surface area contributed by atoms with Crippen LogP contribution in [-0.2, 0) is 27.3 Å². The van der Waals surface area contributed by atoms with Gasteiger partial charge in [0.1, 0.15) is 0 Å². The van der Waals surface area contributed by atoms with Gasteiger partial charge in [0.15, 0.2) is 0 Å². The summed E-state index contributed by atoms with van der Waals surface area (Å²) in [4.78, 5) is 15.6. The third-order valence-electron chi connectivity index (χ3n) is 5.90. The Morgan fingerprint density at radius 1 is 1.09 bits per heavy atom. The van der Waals surface area contributed by atoms with E-state index in [1.54, 1.807) is 12.1 Å². The molecule has 1 aliphatic rings. The van der Waals surface area contributed by atoms with Crippen LogP contribution in [-0.4, -0.2) is 18.9 Å². The van der Waals surface area contributed by atoms with E-state index in [9.17, 15) is 31.1 Å². The fourth-order valence-electron chi connectivity index (χ4n) is 4.06. The van der Waals surface area contributed by atoms with Crippen LogP contribution in [0.2, 0.25) is 0 Å². The molecule has 178 valence electrons. The second kappa shape index (κ2) is 9.17. The third kappa shape index (κ3) is 5.55. The van der Waals surface area contributed by atoms with Gasteiger partial charge in [0.05, 0.1) is 30.2 Å². The molecule has 0 bridgehead atoms. The molecular formula is C23H22F6N2O2. The van der Waals surface area contributed by atoms with Gasteiger partial charge in [-0.3, -0.25) is 4.79 Å². The van der Waals surface area contributed by atoms with E-state index in [4.69, 9.17) is 10.5 Å². The van der Waals surface area contributed by atoms with Crippen LogP contribution < -0.4 is 5.73 Å². The number of aliphatic imine (C=N–C) groups is 1. The highest BCUT2D eigenvalue weighted by Gasteiger charge is 2.49. The summed E-state index contributed by atoms with van der Waals surface area (Å²) in [7, 11) is 0. The Bertz CT molecular complexity index is 980. The summed E-state index contributed by atoms with van der Waals surface area (Å²) in [6.45, 7) is 1.40. The van der Waals surface area contributed by atoms with Crippen molar-refractivity contribution in [2.45, 2.75) is 43.6 Å². The van der Waals surface area contributed by atoms with Crippen LogP contribution in [0, 0.1) is 5.92 Å². The zero-order valence-corrected chi connectivity index (χ0v) is 17.6. The van der Waals surface area contributed by atoms with Gasteiger partial charge in [0.25, 0.3) is 0 Å². The fraction of sp³-hybridized carbons (Fsp3) is 0.391. The Kier molecular flexibility index (Phi) is 6.88. The van der Waals surface area contributed by atoms with Gasteiger partial charge < -0.3 is 10.5 Å². The van der Waals surface area contributed by atoms with Crippen molar-refractivity contribution >= 4 is 12.2 Å². The molecule has 2 N–H and O–H groups in total. The van der Waals surface area contributed by atoms with Gasteiger partial charge in [-0.2, -0.15) is 26.3 Å². The molecule has 4 nitrogen and oxygen atoms in total. The summed E-state index contributed by atoms with van der Waals surface area (Å²) in [5.74, 6) is -0.779. The van der Waals surface area contributed by atoms with Crippen LogP contribution in [0.1, 0.15) is 48.1 Å². The second-order valence-electron chi connectivity index (χ2n) is 8.16. The van der Waals surface area contributed by atoms with Gasteiger partial charge in [-0.25, -0.2) is 4.99 Å². The van der Waals surface area contributed by atoms with Crippen molar-refractivity contribution in [1.29, 1.82) is 0 Å². The Hall–Kier alpha value is -2.88. The molecule has 0 aromatic heterocycles. The molecule has 1 saturated carbocycles. The molecule has 0 unspecified atom stereocenters. The van der Waals surface area contributed by atoms with Crippen molar-refractivity contribution in [3.63, 3.8) is 0 Å². The number of ether oxygens (including phenoxy) is 1. The summed E-state index contributed by atoms with van der Waals surface area (Å²) in [6.07, 6.45) is -9.27. The third-order valence-corrected chi connectivity index (χ3v) is 5.90. The minimum absolute atomic E-state index is 0.00585. The highest BCUT2D eigenvalue weighted by atomic mass is 19.4. The molecule has 0 aliphatic heterocycles. The van der Waals surface area contributed by atoms with Gasteiger partial charge >= 0.3 is 12.4 Å². The van der Waals surface area contributed by atoms with Crippen molar-refractivity contribution in [3.05, 3.63) is 70.8 Å². The lowest BCUT2D eigenvalue weighted by Gasteiger charge is -2.47. The first-order chi connectivity index (χ1) is 15.4. The summed E-state index contributed by atoms with van der Waals surface area (Å²) in [5, 5.41) is 0. The van der Waals surface area contributed by atoms with E-state index in [2.05, 4.69) is 4.99 Å². The minimum atomic E-state index is -4.94. The topological polar surface area (TPSA) is 64.7 Å². The van der Waals surface area contributed by atoms with Crippen LogP contribution in [0.15, 0.2) is 53.5 Å². The second-order valence-corrected chi connectivity index (χ2v) is 8.16. The maximum absolute atomic E-state index is 13.2. The molecule has 1 amide bonds. The molecule has 0 saturated heterocycles. The van der Waals surface area contributed by atoms with Crippen LogP contribution in [0.25, 0.3) is 0 Å². The first-order valence-corrected chi connectivity index (χ1v) is 10.1. The van der Waals surface area contributed by atoms with Crippen molar-refractivity contribution in [2.75, 3.05) is 6.61 Å². The van der Waals surface area contributed by atoms with Crippen LogP contribution >= 0.6 is 0 Å². The number of nitrogens with zero attached hydrogens (tertiary/aromatic N) is 1. The van der Waals surface area contributed by atoms with E-state index in [0.717, 1.165) is 11.9 Å². The zero-order chi connectivity index (χ0) is 24.4. The molecule has 1 aliphatic carbocycles. The van der Waals surface area contributed by atoms with Crippen LogP contribution in [0.4, 0.5) is 26.3 Å². The Balaban J connectivity index is 1.84. The molecule has 33 heavy (non-hydrogen) atoms. The fourth-order valence-corrected chi connectivity index (χ4v) is 4.06. The summed E-state index contributed by atoms with van der Waals surface area (Å²) >= 11 is 0. The predicted octanol–water partition coefficient (Wildman–Crippen LogP) is 5.66. The van der Waals surface area contributed by atoms with Gasteiger partial charge in [0, 0.05) is 11.3 Å². The van der Waals surface area contributed by atoms with Crippen molar-refractivity contribution in [2.24, 2.45) is 16.6 Å². The average Bonchev–Trinajstić information content (AvgIpc) is 2.72. The SMILES string of the molecule is C[C@@H](OCC1(c2ccccc2)CC(C(=O)N=CN)C1)c1cc(C(F)(F)F)cc(C(F)(F)F)c1. The van der Waals surface area contributed by atoms with E-state index in [0.29, 0.717) is 25.0 Å². The maximum atomic E-state index is 13.2. The lowest BCUT2D eigenvalue weighted by molar-refractivity contribution is -0.143. The molecular weight excluding hydrogens is 450 g/mol. The van der Waals surface area contributed by atoms with Crippen molar-refractivity contribution in [1.82, 2.24) is 0 Å². The number of benzene rings is 2. The molecule has 0 heterocycles. The molecule has 10 heteroatoms. The summed E-state index contributed by atoms with van der Waals surface area (Å²) in [6, 6.07) is 10.5. The lowest BCUT2D eigenvalue weighted by atomic mass is 9.58. The zero-order valence-electron chi connectivity index (χ0n) is 17.6. The minimum Gasteiger partial charge on any atom is -0.390 e. The first-order valence-electron chi connectivity index (χ1n) is 10.1. The van der Waals surface area contributed by atoms with Gasteiger partial charge in [-0.1, -0.05) is 30.3 Å². The summed E-state index contributed by atoms with van der Waals surface area (Å²) in [5.41, 5.74) is 2.39. The van der Waals surface area contributed by atoms with E-state index in [1.807, 2.05) is 18.2 Å². The number of hydrogen-bond acceptors (Lipinski definition) is 2.